The fourth-order valence-electron chi connectivity index (χ4n) is 3.06. The van der Waals surface area contributed by atoms with Gasteiger partial charge in [0.05, 0.1) is 0 Å². The van der Waals surface area contributed by atoms with Gasteiger partial charge in [0.2, 0.25) is 0 Å². The Bertz CT molecular complexity index is 503. The normalized spacial score (nSPS) is 23.3. The zero-order valence-electron chi connectivity index (χ0n) is 14.2. The molecule has 0 aromatic carbocycles. The molecular formula is C16H27N3O2S. The van der Waals surface area contributed by atoms with Crippen molar-refractivity contribution in [1.29, 1.82) is 0 Å². The number of carbonyl (C=O) groups excluding carboxylic acids is 1. The Morgan fingerprint density at radius 3 is 2.77 bits per heavy atom. The predicted molar refractivity (Wildman–Crippen MR) is 89.3 cm³/mol. The number of hydrogen-bond donors (Lipinski definition) is 0. The molecule has 0 saturated carbocycles. The molecule has 0 bridgehead atoms. The van der Waals surface area contributed by atoms with Gasteiger partial charge in [-0.3, -0.25) is 4.79 Å². The van der Waals surface area contributed by atoms with E-state index in [-0.39, 0.29) is 12.0 Å². The van der Waals surface area contributed by atoms with Crippen molar-refractivity contribution in [3.63, 3.8) is 0 Å². The van der Waals surface area contributed by atoms with Crippen LogP contribution in [-0.4, -0.2) is 60.5 Å². The number of amides is 1. The number of rotatable bonds is 6. The zero-order valence-corrected chi connectivity index (χ0v) is 15.0. The van der Waals surface area contributed by atoms with E-state index in [1.807, 2.05) is 24.1 Å². The van der Waals surface area contributed by atoms with Crippen molar-refractivity contribution in [2.75, 3.05) is 33.8 Å². The van der Waals surface area contributed by atoms with Gasteiger partial charge in [-0.25, -0.2) is 4.98 Å². The van der Waals surface area contributed by atoms with E-state index < -0.39 is 0 Å². The molecule has 5 nitrogen and oxygen atoms in total. The number of carbonyl (C=O) groups is 1. The van der Waals surface area contributed by atoms with Crippen LogP contribution in [0.2, 0.25) is 0 Å². The molecule has 22 heavy (non-hydrogen) atoms. The lowest BCUT2D eigenvalue weighted by Crippen LogP contribution is -2.36. The molecule has 1 aromatic heterocycles. The zero-order chi connectivity index (χ0) is 16.3. The second kappa shape index (κ2) is 7.53. The average molecular weight is 325 g/mol. The smallest absolute Gasteiger partial charge is 0.273 e. The van der Waals surface area contributed by atoms with Gasteiger partial charge < -0.3 is 14.5 Å². The first-order valence-electron chi connectivity index (χ1n) is 8.00. The summed E-state index contributed by atoms with van der Waals surface area (Å²) < 4.78 is 5.55. The summed E-state index contributed by atoms with van der Waals surface area (Å²) >= 11 is 1.50. The molecule has 0 spiro atoms. The second-order valence-corrected chi connectivity index (χ2v) is 6.97. The van der Waals surface area contributed by atoms with Crippen molar-refractivity contribution < 1.29 is 9.53 Å². The van der Waals surface area contributed by atoms with Crippen molar-refractivity contribution in [3.8, 4) is 0 Å². The molecule has 1 aromatic rings. The van der Waals surface area contributed by atoms with Gasteiger partial charge in [0, 0.05) is 31.1 Å². The van der Waals surface area contributed by atoms with Gasteiger partial charge in [-0.15, -0.1) is 11.3 Å². The lowest BCUT2D eigenvalue weighted by molar-refractivity contribution is 0.0743. The van der Waals surface area contributed by atoms with E-state index in [0.29, 0.717) is 24.3 Å². The standard InChI is InChI=1S/C16H27N3O2S/c1-6-12-8-19(9-14(12)18(4)5)16(20)13-10-22-15(17-13)11(3)21-7-2/h10-12,14H,6-9H2,1-5H3/t11-,12+,14-/m1/s1. The summed E-state index contributed by atoms with van der Waals surface area (Å²) in [5, 5.41) is 2.73. The van der Waals surface area contributed by atoms with Gasteiger partial charge >= 0.3 is 0 Å². The van der Waals surface area contributed by atoms with E-state index in [1.54, 1.807) is 0 Å². The minimum Gasteiger partial charge on any atom is -0.372 e. The summed E-state index contributed by atoms with van der Waals surface area (Å²) in [6.07, 6.45) is 1.05. The molecule has 2 heterocycles. The Kier molecular flexibility index (Phi) is 5.94. The van der Waals surface area contributed by atoms with Crippen LogP contribution in [0.25, 0.3) is 0 Å². The average Bonchev–Trinajstić information content (AvgIpc) is 3.13. The molecule has 3 atom stereocenters. The summed E-state index contributed by atoms with van der Waals surface area (Å²) in [4.78, 5) is 21.3. The number of nitrogens with zero attached hydrogens (tertiary/aromatic N) is 3. The Morgan fingerprint density at radius 1 is 1.50 bits per heavy atom. The van der Waals surface area contributed by atoms with Crippen molar-refractivity contribution in [1.82, 2.24) is 14.8 Å². The van der Waals surface area contributed by atoms with Gasteiger partial charge in [-0.05, 0) is 33.9 Å². The maximum absolute atomic E-state index is 12.7. The molecule has 0 unspecified atom stereocenters. The van der Waals surface area contributed by atoms with E-state index in [2.05, 4.69) is 30.9 Å². The first kappa shape index (κ1) is 17.4. The van der Waals surface area contributed by atoms with Crippen LogP contribution in [-0.2, 0) is 4.74 Å². The lowest BCUT2D eigenvalue weighted by atomic mass is 10.0. The fraction of sp³-hybridized carbons (Fsp3) is 0.750. The van der Waals surface area contributed by atoms with E-state index in [4.69, 9.17) is 4.74 Å². The van der Waals surface area contributed by atoms with E-state index in [1.165, 1.54) is 11.3 Å². The van der Waals surface area contributed by atoms with Crippen LogP contribution >= 0.6 is 11.3 Å². The molecule has 1 fully saturated rings. The Labute approximate surface area is 137 Å². The van der Waals surface area contributed by atoms with Gasteiger partial charge in [-0.2, -0.15) is 0 Å². The predicted octanol–water partition coefficient (Wildman–Crippen LogP) is 2.65. The SMILES string of the molecule is CCO[C@H](C)c1nc(C(=O)N2C[C@H](CC)[C@H](N(C)C)C2)cs1. The Hall–Kier alpha value is -0.980. The molecule has 0 N–H and O–H groups in total. The first-order valence-corrected chi connectivity index (χ1v) is 8.88. The fourth-order valence-corrected chi connectivity index (χ4v) is 3.86. The molecule has 0 radical (unpaired) electrons. The molecule has 6 heteroatoms. The summed E-state index contributed by atoms with van der Waals surface area (Å²) in [6, 6.07) is 0.439. The maximum Gasteiger partial charge on any atom is 0.273 e. The van der Waals surface area contributed by atoms with Crippen LogP contribution in [0.15, 0.2) is 5.38 Å². The van der Waals surface area contributed by atoms with Gasteiger partial charge in [-0.1, -0.05) is 13.3 Å². The summed E-state index contributed by atoms with van der Waals surface area (Å²) in [5.41, 5.74) is 0.556. The molecule has 1 saturated heterocycles. The quantitative estimate of drug-likeness (QED) is 0.807. The Morgan fingerprint density at radius 2 is 2.23 bits per heavy atom. The van der Waals surface area contributed by atoms with Gasteiger partial charge in [0.25, 0.3) is 5.91 Å². The van der Waals surface area contributed by atoms with E-state index >= 15 is 0 Å². The molecule has 1 aliphatic heterocycles. The molecule has 0 aliphatic carbocycles. The number of thiazole rings is 1. The Balaban J connectivity index is 2.06. The topological polar surface area (TPSA) is 45.7 Å². The highest BCUT2D eigenvalue weighted by Crippen LogP contribution is 2.26. The highest BCUT2D eigenvalue weighted by atomic mass is 32.1. The summed E-state index contributed by atoms with van der Waals surface area (Å²) in [5.74, 6) is 0.591. The monoisotopic (exact) mass is 325 g/mol. The molecule has 1 aliphatic rings. The number of likely N-dealkylation sites (N-methyl/N-ethyl adjacent to an activating group) is 1. The number of hydrogen-bond acceptors (Lipinski definition) is 5. The molecule has 2 rings (SSSR count). The van der Waals surface area contributed by atoms with Crippen LogP contribution in [0.3, 0.4) is 0 Å². The first-order chi connectivity index (χ1) is 10.5. The van der Waals surface area contributed by atoms with Gasteiger partial charge in [0.1, 0.15) is 16.8 Å². The van der Waals surface area contributed by atoms with E-state index in [0.717, 1.165) is 24.5 Å². The molecular weight excluding hydrogens is 298 g/mol. The summed E-state index contributed by atoms with van der Waals surface area (Å²) in [7, 11) is 4.18. The minimum atomic E-state index is -0.0481. The van der Waals surface area contributed by atoms with Crippen molar-refractivity contribution >= 4 is 17.2 Å². The van der Waals surface area contributed by atoms with Crippen LogP contribution in [0.4, 0.5) is 0 Å². The highest BCUT2D eigenvalue weighted by molar-refractivity contribution is 7.09. The van der Waals surface area contributed by atoms with Crippen molar-refractivity contribution in [3.05, 3.63) is 16.1 Å². The van der Waals surface area contributed by atoms with Crippen LogP contribution in [0.1, 0.15) is 48.8 Å². The largest absolute Gasteiger partial charge is 0.372 e. The highest BCUT2D eigenvalue weighted by Gasteiger charge is 2.36. The number of aromatic nitrogens is 1. The third kappa shape index (κ3) is 3.67. The van der Waals surface area contributed by atoms with E-state index in [9.17, 15) is 4.79 Å². The van der Waals surface area contributed by atoms with Crippen LogP contribution in [0, 0.1) is 5.92 Å². The third-order valence-corrected chi connectivity index (χ3v) is 5.39. The molecule has 1 amide bonds. The van der Waals surface area contributed by atoms with Crippen LogP contribution < -0.4 is 0 Å². The van der Waals surface area contributed by atoms with Crippen molar-refractivity contribution in [2.45, 2.75) is 39.3 Å². The van der Waals surface area contributed by atoms with Crippen LogP contribution in [0.5, 0.6) is 0 Å². The van der Waals surface area contributed by atoms with Crippen molar-refractivity contribution in [2.24, 2.45) is 5.92 Å². The van der Waals surface area contributed by atoms with Gasteiger partial charge in [0.15, 0.2) is 0 Å². The maximum atomic E-state index is 12.7. The molecule has 124 valence electrons. The number of likely N-dealkylation sites (tertiary alicyclic amines) is 1. The minimum absolute atomic E-state index is 0.0481. The lowest BCUT2D eigenvalue weighted by Gasteiger charge is -2.23. The third-order valence-electron chi connectivity index (χ3n) is 4.39. The summed E-state index contributed by atoms with van der Waals surface area (Å²) in [6.45, 7) is 8.40. The number of ether oxygens (including phenoxy) is 1. The second-order valence-electron chi connectivity index (χ2n) is 6.08.